The lowest BCUT2D eigenvalue weighted by Crippen LogP contribution is -2.53. The molecule has 0 aliphatic carbocycles. The van der Waals surface area contributed by atoms with Gasteiger partial charge in [0.15, 0.2) is 0 Å². The second-order valence-electron chi connectivity index (χ2n) is 7.43. The van der Waals surface area contributed by atoms with Crippen LogP contribution in [0.4, 0.5) is 8.78 Å². The van der Waals surface area contributed by atoms with Crippen molar-refractivity contribution in [3.8, 4) is 11.5 Å². The first-order valence-corrected chi connectivity index (χ1v) is 9.45. The number of pyridine rings is 1. The largest absolute Gasteiger partial charge is 0.457 e. The lowest BCUT2D eigenvalue weighted by molar-refractivity contribution is 0.0293. The van der Waals surface area contributed by atoms with Crippen LogP contribution in [0.2, 0.25) is 0 Å². The number of nitrogens with zero attached hydrogens (tertiary/aromatic N) is 2. The van der Waals surface area contributed by atoms with Gasteiger partial charge >= 0.3 is 0 Å². The van der Waals surface area contributed by atoms with Crippen LogP contribution in [-0.2, 0) is 0 Å². The molecular formula is C21H25F2N3O2. The van der Waals surface area contributed by atoms with Gasteiger partial charge in [-0.15, -0.1) is 0 Å². The average molecular weight is 389 g/mol. The molecule has 1 aliphatic heterocycles. The van der Waals surface area contributed by atoms with Crippen molar-refractivity contribution in [3.63, 3.8) is 0 Å². The highest BCUT2D eigenvalue weighted by molar-refractivity contribution is 5.92. The van der Waals surface area contributed by atoms with Gasteiger partial charge in [0.05, 0.1) is 6.54 Å². The standard InChI is InChI=1S/C21H25F2N3O2/c1-15(2)26-11-3-9-21(23,14-26)13-25-20(27)19-12-18(8-10-24-19)28-17-6-4-16(22)5-7-17/h4-8,10,12,15H,3,9,11,13-14H2,1-2H3,(H,25,27). The van der Waals surface area contributed by atoms with Gasteiger partial charge in [0, 0.05) is 24.8 Å². The summed E-state index contributed by atoms with van der Waals surface area (Å²) in [4.78, 5) is 18.6. The normalized spacial score (nSPS) is 20.2. The maximum absolute atomic E-state index is 15.1. The van der Waals surface area contributed by atoms with Crippen LogP contribution >= 0.6 is 0 Å². The molecule has 1 unspecified atom stereocenters. The molecule has 0 bridgehead atoms. The Morgan fingerprint density at radius 2 is 2.04 bits per heavy atom. The van der Waals surface area contributed by atoms with Crippen molar-refractivity contribution in [3.05, 3.63) is 54.1 Å². The molecule has 1 aromatic carbocycles. The van der Waals surface area contributed by atoms with Crippen molar-refractivity contribution < 1.29 is 18.3 Å². The number of nitrogens with one attached hydrogen (secondary N) is 1. The highest BCUT2D eigenvalue weighted by Crippen LogP contribution is 2.26. The minimum absolute atomic E-state index is 0.0558. The highest BCUT2D eigenvalue weighted by atomic mass is 19.1. The Labute approximate surface area is 163 Å². The van der Waals surface area contributed by atoms with Crippen LogP contribution in [0.15, 0.2) is 42.6 Å². The molecule has 1 aliphatic rings. The molecule has 0 spiro atoms. The summed E-state index contributed by atoms with van der Waals surface area (Å²) in [7, 11) is 0. The number of amides is 1. The monoisotopic (exact) mass is 389 g/mol. The number of ether oxygens (including phenoxy) is 1. The predicted octanol–water partition coefficient (Wildman–Crippen LogP) is 3.96. The zero-order valence-electron chi connectivity index (χ0n) is 16.1. The summed E-state index contributed by atoms with van der Waals surface area (Å²) in [5, 5.41) is 2.66. The van der Waals surface area contributed by atoms with Crippen molar-refractivity contribution in [1.82, 2.24) is 15.2 Å². The molecule has 7 heteroatoms. The van der Waals surface area contributed by atoms with E-state index in [0.717, 1.165) is 13.0 Å². The third kappa shape index (κ3) is 5.25. The summed E-state index contributed by atoms with van der Waals surface area (Å²) in [5.41, 5.74) is -1.31. The SMILES string of the molecule is CC(C)N1CCCC(F)(CNC(=O)c2cc(Oc3ccc(F)cc3)ccn2)C1. The number of benzene rings is 1. The number of carbonyl (C=O) groups is 1. The number of alkyl halides is 1. The number of piperidine rings is 1. The second kappa shape index (κ2) is 8.65. The van der Waals surface area contributed by atoms with Crippen LogP contribution in [0.25, 0.3) is 0 Å². The van der Waals surface area contributed by atoms with Crippen LogP contribution < -0.4 is 10.1 Å². The van der Waals surface area contributed by atoms with E-state index in [1.807, 2.05) is 13.8 Å². The van der Waals surface area contributed by atoms with E-state index in [1.54, 1.807) is 6.07 Å². The van der Waals surface area contributed by atoms with E-state index in [0.29, 0.717) is 24.5 Å². The molecule has 1 amide bonds. The zero-order chi connectivity index (χ0) is 20.1. The number of carbonyl (C=O) groups excluding carboxylic acids is 1. The van der Waals surface area contributed by atoms with Gasteiger partial charge in [0.25, 0.3) is 5.91 Å². The quantitative estimate of drug-likeness (QED) is 0.813. The van der Waals surface area contributed by atoms with Gasteiger partial charge < -0.3 is 10.1 Å². The summed E-state index contributed by atoms with van der Waals surface area (Å²) in [6, 6.07) is 8.90. The predicted molar refractivity (Wildman–Crippen MR) is 103 cm³/mol. The lowest BCUT2D eigenvalue weighted by Gasteiger charge is -2.39. The van der Waals surface area contributed by atoms with Crippen LogP contribution in [0.5, 0.6) is 11.5 Å². The summed E-state index contributed by atoms with van der Waals surface area (Å²) in [6.07, 6.45) is 2.64. The van der Waals surface area contributed by atoms with E-state index < -0.39 is 11.6 Å². The summed E-state index contributed by atoms with van der Waals surface area (Å²) < 4.78 is 33.7. The van der Waals surface area contributed by atoms with Crippen molar-refractivity contribution in [1.29, 1.82) is 0 Å². The maximum Gasteiger partial charge on any atom is 0.270 e. The molecule has 1 saturated heterocycles. The maximum atomic E-state index is 15.1. The Bertz CT molecular complexity index is 814. The molecule has 0 radical (unpaired) electrons. The summed E-state index contributed by atoms with van der Waals surface area (Å²) in [6.45, 7) is 5.22. The Balaban J connectivity index is 1.60. The summed E-state index contributed by atoms with van der Waals surface area (Å²) in [5.74, 6) is 0.0207. The lowest BCUT2D eigenvalue weighted by atomic mass is 9.93. The van der Waals surface area contributed by atoms with Gasteiger partial charge in [-0.25, -0.2) is 8.78 Å². The molecule has 1 atom stereocenters. The van der Waals surface area contributed by atoms with Crippen molar-refractivity contribution in [2.75, 3.05) is 19.6 Å². The first-order valence-electron chi connectivity index (χ1n) is 9.45. The van der Waals surface area contributed by atoms with Gasteiger partial charge in [-0.3, -0.25) is 14.7 Å². The molecule has 3 rings (SSSR count). The Morgan fingerprint density at radius 3 is 2.75 bits per heavy atom. The van der Waals surface area contributed by atoms with E-state index in [2.05, 4.69) is 15.2 Å². The first kappa shape index (κ1) is 20.2. The van der Waals surface area contributed by atoms with Gasteiger partial charge in [-0.2, -0.15) is 0 Å². The average Bonchev–Trinajstić information content (AvgIpc) is 2.68. The third-order valence-corrected chi connectivity index (χ3v) is 4.87. The third-order valence-electron chi connectivity index (χ3n) is 4.87. The van der Waals surface area contributed by atoms with Gasteiger partial charge in [0.1, 0.15) is 28.7 Å². The second-order valence-corrected chi connectivity index (χ2v) is 7.43. The van der Waals surface area contributed by atoms with Crippen LogP contribution in [-0.4, -0.2) is 47.1 Å². The smallest absolute Gasteiger partial charge is 0.270 e. The Morgan fingerprint density at radius 1 is 1.29 bits per heavy atom. The number of rotatable bonds is 6. The molecule has 1 fully saturated rings. The molecule has 5 nitrogen and oxygen atoms in total. The number of aromatic nitrogens is 1. The van der Waals surface area contributed by atoms with Crippen molar-refractivity contribution >= 4 is 5.91 Å². The topological polar surface area (TPSA) is 54.5 Å². The minimum Gasteiger partial charge on any atom is -0.457 e. The van der Waals surface area contributed by atoms with Gasteiger partial charge in [0.2, 0.25) is 0 Å². The molecule has 1 aromatic heterocycles. The Kier molecular flexibility index (Phi) is 6.24. The fraction of sp³-hybridized carbons (Fsp3) is 0.429. The van der Waals surface area contributed by atoms with Gasteiger partial charge in [-0.1, -0.05) is 0 Å². The molecular weight excluding hydrogens is 364 g/mol. The molecule has 150 valence electrons. The zero-order valence-corrected chi connectivity index (χ0v) is 16.1. The molecule has 1 N–H and O–H groups in total. The van der Waals surface area contributed by atoms with E-state index in [1.165, 1.54) is 36.5 Å². The van der Waals surface area contributed by atoms with E-state index in [4.69, 9.17) is 4.74 Å². The van der Waals surface area contributed by atoms with E-state index >= 15 is 4.39 Å². The van der Waals surface area contributed by atoms with Crippen LogP contribution in [0.3, 0.4) is 0 Å². The fourth-order valence-electron chi connectivity index (χ4n) is 3.27. The van der Waals surface area contributed by atoms with Gasteiger partial charge in [-0.05, 0) is 63.6 Å². The fourth-order valence-corrected chi connectivity index (χ4v) is 3.27. The molecule has 28 heavy (non-hydrogen) atoms. The van der Waals surface area contributed by atoms with Crippen LogP contribution in [0, 0.1) is 5.82 Å². The number of hydrogen-bond donors (Lipinski definition) is 1. The highest BCUT2D eigenvalue weighted by Gasteiger charge is 2.36. The number of likely N-dealkylation sites (tertiary alicyclic amines) is 1. The van der Waals surface area contributed by atoms with Crippen molar-refractivity contribution in [2.45, 2.75) is 38.4 Å². The molecule has 2 aromatic rings. The van der Waals surface area contributed by atoms with E-state index in [9.17, 15) is 9.18 Å². The minimum atomic E-state index is -1.44. The van der Waals surface area contributed by atoms with Crippen LogP contribution in [0.1, 0.15) is 37.2 Å². The molecule has 0 saturated carbocycles. The van der Waals surface area contributed by atoms with E-state index in [-0.39, 0.29) is 24.1 Å². The first-order chi connectivity index (χ1) is 13.3. The number of hydrogen-bond acceptors (Lipinski definition) is 4. The van der Waals surface area contributed by atoms with Crippen molar-refractivity contribution in [2.24, 2.45) is 0 Å². The number of halogens is 2. The molecule has 2 heterocycles. The summed E-state index contributed by atoms with van der Waals surface area (Å²) >= 11 is 0. The Hall–Kier alpha value is -2.54.